The van der Waals surface area contributed by atoms with Crippen molar-refractivity contribution < 1.29 is 4.79 Å². The zero-order chi connectivity index (χ0) is 14.6. The lowest BCUT2D eigenvalue weighted by atomic mass is 9.95. The molecule has 1 aromatic heterocycles. The van der Waals surface area contributed by atoms with Crippen molar-refractivity contribution in [2.24, 2.45) is 0 Å². The molecule has 1 heterocycles. The maximum atomic E-state index is 11.5. The molecule has 2 rings (SSSR count). The molecule has 0 aromatic carbocycles. The van der Waals surface area contributed by atoms with Crippen LogP contribution in [0.3, 0.4) is 0 Å². The van der Waals surface area contributed by atoms with E-state index in [1.165, 1.54) is 22.6 Å². The van der Waals surface area contributed by atoms with Crippen molar-refractivity contribution in [3.05, 3.63) is 21.9 Å². The van der Waals surface area contributed by atoms with E-state index in [0.717, 1.165) is 19.5 Å². The van der Waals surface area contributed by atoms with E-state index < -0.39 is 0 Å². The van der Waals surface area contributed by atoms with Crippen molar-refractivity contribution in [2.75, 3.05) is 6.54 Å². The lowest BCUT2D eigenvalue weighted by molar-refractivity contribution is -0.121. The van der Waals surface area contributed by atoms with Gasteiger partial charge in [0.1, 0.15) is 0 Å². The molecule has 1 saturated carbocycles. The Labute approximate surface area is 126 Å². The van der Waals surface area contributed by atoms with Crippen LogP contribution in [0.1, 0.15) is 56.2 Å². The highest BCUT2D eigenvalue weighted by Crippen LogP contribution is 2.29. The molecule has 1 aliphatic carbocycles. The number of rotatable bonds is 7. The van der Waals surface area contributed by atoms with Gasteiger partial charge in [-0.1, -0.05) is 20.8 Å². The molecule has 20 heavy (non-hydrogen) atoms. The summed E-state index contributed by atoms with van der Waals surface area (Å²) in [5.41, 5.74) is 0.240. The summed E-state index contributed by atoms with van der Waals surface area (Å²) in [4.78, 5) is 14.3. The highest BCUT2D eigenvalue weighted by atomic mass is 32.1. The summed E-state index contributed by atoms with van der Waals surface area (Å²) in [6, 6.07) is 4.92. The minimum atomic E-state index is 0.209. The third-order valence-corrected chi connectivity index (χ3v) is 4.91. The topological polar surface area (TPSA) is 41.1 Å². The Hall–Kier alpha value is -0.870. The Morgan fingerprint density at radius 2 is 2.10 bits per heavy atom. The molecule has 4 heteroatoms. The second-order valence-corrected chi connectivity index (χ2v) is 7.81. The van der Waals surface area contributed by atoms with E-state index in [2.05, 4.69) is 43.5 Å². The van der Waals surface area contributed by atoms with Crippen molar-refractivity contribution in [1.29, 1.82) is 0 Å². The molecule has 0 radical (unpaired) electrons. The van der Waals surface area contributed by atoms with Crippen LogP contribution in [-0.4, -0.2) is 18.5 Å². The van der Waals surface area contributed by atoms with Crippen LogP contribution in [0.4, 0.5) is 0 Å². The number of hydrogen-bond donors (Lipinski definition) is 2. The largest absolute Gasteiger partial charge is 0.353 e. The summed E-state index contributed by atoms with van der Waals surface area (Å²) in [6.07, 6.45) is 3.88. The molecule has 0 saturated heterocycles. The van der Waals surface area contributed by atoms with E-state index in [1.54, 1.807) is 0 Å². The Balaban J connectivity index is 1.58. The van der Waals surface area contributed by atoms with Gasteiger partial charge in [0.25, 0.3) is 0 Å². The molecule has 1 aromatic rings. The molecule has 0 atom stereocenters. The first-order valence-electron chi connectivity index (χ1n) is 7.54. The highest BCUT2D eigenvalue weighted by molar-refractivity contribution is 7.12. The Morgan fingerprint density at radius 1 is 1.35 bits per heavy atom. The molecule has 112 valence electrons. The van der Waals surface area contributed by atoms with Crippen LogP contribution >= 0.6 is 11.3 Å². The molecule has 2 N–H and O–H groups in total. The van der Waals surface area contributed by atoms with Gasteiger partial charge in [-0.2, -0.15) is 0 Å². The molecule has 1 aliphatic rings. The van der Waals surface area contributed by atoms with Crippen LogP contribution in [0.5, 0.6) is 0 Å². The van der Waals surface area contributed by atoms with E-state index in [4.69, 9.17) is 0 Å². The van der Waals surface area contributed by atoms with Crippen LogP contribution in [0.2, 0.25) is 0 Å². The van der Waals surface area contributed by atoms with E-state index in [0.29, 0.717) is 12.5 Å². The van der Waals surface area contributed by atoms with Crippen molar-refractivity contribution in [3.63, 3.8) is 0 Å². The fourth-order valence-electron chi connectivity index (χ4n) is 1.99. The van der Waals surface area contributed by atoms with Gasteiger partial charge in [0.2, 0.25) is 5.91 Å². The average molecular weight is 294 g/mol. The van der Waals surface area contributed by atoms with Crippen molar-refractivity contribution in [2.45, 2.75) is 64.5 Å². The maximum Gasteiger partial charge on any atom is 0.220 e. The standard InChI is InChI=1S/C16H26N2OS/c1-16(2,3)14-9-8-13(20-14)11-17-10-4-5-15(19)18-12-6-7-12/h8-9,12,17H,4-7,10-11H2,1-3H3,(H,18,19). The lowest BCUT2D eigenvalue weighted by Crippen LogP contribution is -2.26. The van der Waals surface area contributed by atoms with Gasteiger partial charge < -0.3 is 10.6 Å². The van der Waals surface area contributed by atoms with E-state index in [-0.39, 0.29) is 11.3 Å². The Bertz CT molecular complexity index is 444. The number of carbonyl (C=O) groups excluding carboxylic acids is 1. The monoisotopic (exact) mass is 294 g/mol. The molecule has 0 bridgehead atoms. The van der Waals surface area contributed by atoms with Crippen molar-refractivity contribution >= 4 is 17.2 Å². The first-order valence-corrected chi connectivity index (χ1v) is 8.36. The molecule has 0 spiro atoms. The molecular formula is C16H26N2OS. The minimum Gasteiger partial charge on any atom is -0.353 e. The molecule has 3 nitrogen and oxygen atoms in total. The zero-order valence-electron chi connectivity index (χ0n) is 12.8. The predicted molar refractivity (Wildman–Crippen MR) is 85.1 cm³/mol. The quantitative estimate of drug-likeness (QED) is 0.758. The van der Waals surface area contributed by atoms with E-state index in [1.807, 2.05) is 11.3 Å². The van der Waals surface area contributed by atoms with Gasteiger partial charge >= 0.3 is 0 Å². The number of amides is 1. The number of nitrogens with one attached hydrogen (secondary N) is 2. The lowest BCUT2D eigenvalue weighted by Gasteiger charge is -2.15. The highest BCUT2D eigenvalue weighted by Gasteiger charge is 2.22. The fraction of sp³-hybridized carbons (Fsp3) is 0.688. The Kier molecular flexibility index (Phi) is 5.22. The van der Waals surface area contributed by atoms with Gasteiger partial charge in [0.15, 0.2) is 0 Å². The molecule has 0 unspecified atom stereocenters. The van der Waals surface area contributed by atoms with E-state index >= 15 is 0 Å². The third kappa shape index (κ3) is 5.25. The number of hydrogen-bond acceptors (Lipinski definition) is 3. The SMILES string of the molecule is CC(C)(C)c1ccc(CNCCCC(=O)NC2CC2)s1. The number of carbonyl (C=O) groups is 1. The fourth-order valence-corrected chi connectivity index (χ4v) is 3.02. The molecule has 0 aliphatic heterocycles. The van der Waals surface area contributed by atoms with Crippen molar-refractivity contribution in [3.8, 4) is 0 Å². The summed E-state index contributed by atoms with van der Waals surface area (Å²) >= 11 is 1.88. The van der Waals surface area contributed by atoms with Crippen LogP contribution in [0, 0.1) is 0 Å². The van der Waals surface area contributed by atoms with Gasteiger partial charge in [-0.25, -0.2) is 0 Å². The van der Waals surface area contributed by atoms with Crippen LogP contribution in [0.15, 0.2) is 12.1 Å². The van der Waals surface area contributed by atoms with Gasteiger partial charge in [-0.3, -0.25) is 4.79 Å². The molecule has 1 fully saturated rings. The maximum absolute atomic E-state index is 11.5. The normalized spacial score (nSPS) is 15.3. The summed E-state index contributed by atoms with van der Waals surface area (Å²) in [7, 11) is 0. The minimum absolute atomic E-state index is 0.209. The second kappa shape index (κ2) is 6.72. The van der Waals surface area contributed by atoms with Crippen LogP contribution in [-0.2, 0) is 16.8 Å². The smallest absolute Gasteiger partial charge is 0.220 e. The van der Waals surface area contributed by atoms with Gasteiger partial charge in [0, 0.05) is 28.8 Å². The number of thiophene rings is 1. The summed E-state index contributed by atoms with van der Waals surface area (Å²) in [6.45, 7) is 8.55. The molecular weight excluding hydrogens is 268 g/mol. The first-order chi connectivity index (χ1) is 9.45. The summed E-state index contributed by atoms with van der Waals surface area (Å²) in [5.74, 6) is 0.209. The molecule has 1 amide bonds. The van der Waals surface area contributed by atoms with Crippen LogP contribution < -0.4 is 10.6 Å². The van der Waals surface area contributed by atoms with Crippen molar-refractivity contribution in [1.82, 2.24) is 10.6 Å². The average Bonchev–Trinajstić information content (AvgIpc) is 3.02. The van der Waals surface area contributed by atoms with Gasteiger partial charge in [0.05, 0.1) is 0 Å². The predicted octanol–water partition coefficient (Wildman–Crippen LogP) is 3.19. The van der Waals surface area contributed by atoms with E-state index in [9.17, 15) is 4.79 Å². The van der Waals surface area contributed by atoms with Crippen LogP contribution in [0.25, 0.3) is 0 Å². The van der Waals surface area contributed by atoms with Gasteiger partial charge in [-0.15, -0.1) is 11.3 Å². The Morgan fingerprint density at radius 3 is 2.70 bits per heavy atom. The summed E-state index contributed by atoms with van der Waals surface area (Å²) < 4.78 is 0. The second-order valence-electron chi connectivity index (χ2n) is 6.64. The van der Waals surface area contributed by atoms with Gasteiger partial charge in [-0.05, 0) is 43.4 Å². The zero-order valence-corrected chi connectivity index (χ0v) is 13.6. The summed E-state index contributed by atoms with van der Waals surface area (Å²) in [5, 5.41) is 6.44. The first kappa shape index (κ1) is 15.5. The third-order valence-electron chi connectivity index (χ3n) is 3.40.